The van der Waals surface area contributed by atoms with Gasteiger partial charge in [-0.15, -0.1) is 0 Å². The van der Waals surface area contributed by atoms with E-state index in [2.05, 4.69) is 67.6 Å². The van der Waals surface area contributed by atoms with Crippen molar-refractivity contribution >= 4 is 11.8 Å². The molecule has 0 bridgehead atoms. The Labute approximate surface area is 128 Å². The summed E-state index contributed by atoms with van der Waals surface area (Å²) in [5, 5.41) is 3.77. The zero-order chi connectivity index (χ0) is 14.6. The first-order chi connectivity index (χ1) is 9.52. The lowest BCUT2D eigenvalue weighted by Crippen LogP contribution is -2.57. The number of benzene rings is 1. The molecule has 0 saturated carbocycles. The second-order valence-electron chi connectivity index (χ2n) is 6.74. The summed E-state index contributed by atoms with van der Waals surface area (Å²) in [6.45, 7) is 10.4. The van der Waals surface area contributed by atoms with E-state index in [1.165, 1.54) is 17.9 Å². The van der Waals surface area contributed by atoms with Crippen LogP contribution in [0.1, 0.15) is 32.4 Å². The van der Waals surface area contributed by atoms with Crippen molar-refractivity contribution in [2.75, 3.05) is 31.6 Å². The summed E-state index contributed by atoms with van der Waals surface area (Å²) in [4.78, 5) is 2.66. The van der Waals surface area contributed by atoms with Gasteiger partial charge in [0.25, 0.3) is 0 Å². The topological polar surface area (TPSA) is 15.3 Å². The minimum atomic E-state index is 0.319. The van der Waals surface area contributed by atoms with Crippen molar-refractivity contribution in [1.82, 2.24) is 10.2 Å². The van der Waals surface area contributed by atoms with Crippen LogP contribution in [0.4, 0.5) is 0 Å². The molecular formula is C17H28N2S. The molecule has 0 radical (unpaired) electrons. The van der Waals surface area contributed by atoms with Crippen LogP contribution < -0.4 is 5.32 Å². The van der Waals surface area contributed by atoms with Gasteiger partial charge in [-0.05, 0) is 17.2 Å². The molecular weight excluding hydrogens is 264 g/mol. The van der Waals surface area contributed by atoms with Crippen LogP contribution in [0.5, 0.6) is 0 Å². The van der Waals surface area contributed by atoms with Gasteiger partial charge in [0, 0.05) is 37.5 Å². The van der Waals surface area contributed by atoms with Crippen molar-refractivity contribution in [3.8, 4) is 0 Å². The SMILES string of the molecule is CSCCN1CC(C(C)(C)C)NCC1c1ccccc1. The van der Waals surface area contributed by atoms with Crippen LogP contribution in [0.2, 0.25) is 0 Å². The highest BCUT2D eigenvalue weighted by Crippen LogP contribution is 2.29. The van der Waals surface area contributed by atoms with E-state index in [1.54, 1.807) is 0 Å². The molecule has 1 aromatic rings. The van der Waals surface area contributed by atoms with Crippen LogP contribution in [0.25, 0.3) is 0 Å². The van der Waals surface area contributed by atoms with E-state index in [-0.39, 0.29) is 0 Å². The second kappa shape index (κ2) is 6.97. The first-order valence-electron chi connectivity index (χ1n) is 7.53. The van der Waals surface area contributed by atoms with E-state index >= 15 is 0 Å². The molecule has 1 N–H and O–H groups in total. The fourth-order valence-electron chi connectivity index (χ4n) is 2.85. The van der Waals surface area contributed by atoms with E-state index in [0.29, 0.717) is 17.5 Å². The Balaban J connectivity index is 2.12. The Kier molecular flexibility index (Phi) is 5.53. The van der Waals surface area contributed by atoms with Crippen molar-refractivity contribution in [3.63, 3.8) is 0 Å². The predicted molar refractivity (Wildman–Crippen MR) is 90.4 cm³/mol. The molecule has 1 aromatic carbocycles. The number of hydrogen-bond donors (Lipinski definition) is 1. The lowest BCUT2D eigenvalue weighted by molar-refractivity contribution is 0.0913. The van der Waals surface area contributed by atoms with Crippen molar-refractivity contribution < 1.29 is 0 Å². The molecule has 2 rings (SSSR count). The highest BCUT2D eigenvalue weighted by atomic mass is 32.2. The third-order valence-electron chi connectivity index (χ3n) is 4.23. The third-order valence-corrected chi connectivity index (χ3v) is 4.82. The summed E-state index contributed by atoms with van der Waals surface area (Å²) in [6, 6.07) is 12.0. The number of nitrogens with one attached hydrogen (secondary N) is 1. The van der Waals surface area contributed by atoms with E-state index < -0.39 is 0 Å². The molecule has 112 valence electrons. The van der Waals surface area contributed by atoms with Crippen molar-refractivity contribution in [2.24, 2.45) is 5.41 Å². The van der Waals surface area contributed by atoms with Crippen LogP contribution >= 0.6 is 11.8 Å². The fourth-order valence-corrected chi connectivity index (χ4v) is 3.27. The molecule has 1 heterocycles. The minimum Gasteiger partial charge on any atom is -0.310 e. The van der Waals surface area contributed by atoms with Crippen molar-refractivity contribution in [2.45, 2.75) is 32.9 Å². The lowest BCUT2D eigenvalue weighted by atomic mass is 9.84. The Morgan fingerprint density at radius 3 is 2.55 bits per heavy atom. The Bertz CT molecular complexity index is 399. The van der Waals surface area contributed by atoms with Gasteiger partial charge >= 0.3 is 0 Å². The van der Waals surface area contributed by atoms with Gasteiger partial charge in [0.1, 0.15) is 0 Å². The number of rotatable bonds is 4. The highest BCUT2D eigenvalue weighted by molar-refractivity contribution is 7.98. The second-order valence-corrected chi connectivity index (χ2v) is 7.73. The number of hydrogen-bond acceptors (Lipinski definition) is 3. The van der Waals surface area contributed by atoms with Crippen molar-refractivity contribution in [3.05, 3.63) is 35.9 Å². The summed E-state index contributed by atoms with van der Waals surface area (Å²) in [7, 11) is 0. The first kappa shape index (κ1) is 15.9. The summed E-state index contributed by atoms with van der Waals surface area (Å²) < 4.78 is 0. The van der Waals surface area contributed by atoms with E-state index in [9.17, 15) is 0 Å². The van der Waals surface area contributed by atoms with Crippen LogP contribution in [0, 0.1) is 5.41 Å². The quantitative estimate of drug-likeness (QED) is 0.915. The Morgan fingerprint density at radius 1 is 1.25 bits per heavy atom. The van der Waals surface area contributed by atoms with E-state index in [0.717, 1.165) is 13.1 Å². The third kappa shape index (κ3) is 4.00. The average Bonchev–Trinajstić information content (AvgIpc) is 2.45. The number of piperazine rings is 1. The number of nitrogens with zero attached hydrogens (tertiary/aromatic N) is 1. The maximum absolute atomic E-state index is 3.77. The molecule has 1 fully saturated rings. The van der Waals surface area contributed by atoms with Gasteiger partial charge in [0.05, 0.1) is 0 Å². The molecule has 1 saturated heterocycles. The molecule has 3 heteroatoms. The monoisotopic (exact) mass is 292 g/mol. The fraction of sp³-hybridized carbons (Fsp3) is 0.647. The van der Waals surface area contributed by atoms with Gasteiger partial charge in [-0.3, -0.25) is 4.90 Å². The molecule has 20 heavy (non-hydrogen) atoms. The van der Waals surface area contributed by atoms with Gasteiger partial charge in [0.2, 0.25) is 0 Å². The van der Waals surface area contributed by atoms with Gasteiger partial charge in [-0.2, -0.15) is 11.8 Å². The summed E-state index contributed by atoms with van der Waals surface area (Å²) in [5.41, 5.74) is 1.76. The van der Waals surface area contributed by atoms with E-state index in [1.807, 2.05) is 11.8 Å². The standard InChI is InChI=1S/C17H28N2S/c1-17(2,3)16-13-19(10-11-20-4)15(12-18-16)14-8-6-5-7-9-14/h5-9,15-16,18H,10-13H2,1-4H3. The predicted octanol–water partition coefficient (Wildman–Crippen LogP) is 3.41. The van der Waals surface area contributed by atoms with Gasteiger partial charge in [-0.25, -0.2) is 0 Å². The zero-order valence-corrected chi connectivity index (χ0v) is 14.0. The zero-order valence-electron chi connectivity index (χ0n) is 13.2. The summed E-state index contributed by atoms with van der Waals surface area (Å²) >= 11 is 1.94. The maximum Gasteiger partial charge on any atom is 0.0473 e. The molecule has 0 spiro atoms. The smallest absolute Gasteiger partial charge is 0.0473 e. The molecule has 1 aliphatic heterocycles. The van der Waals surface area contributed by atoms with Crippen LogP contribution in [0.3, 0.4) is 0 Å². The molecule has 0 aliphatic carbocycles. The van der Waals surface area contributed by atoms with Gasteiger partial charge in [-0.1, -0.05) is 51.1 Å². The largest absolute Gasteiger partial charge is 0.310 e. The summed E-state index contributed by atoms with van der Waals surface area (Å²) in [6.07, 6.45) is 2.20. The highest BCUT2D eigenvalue weighted by Gasteiger charge is 2.34. The summed E-state index contributed by atoms with van der Waals surface area (Å²) in [5.74, 6) is 1.21. The molecule has 2 atom stereocenters. The Morgan fingerprint density at radius 2 is 1.95 bits per heavy atom. The molecule has 0 amide bonds. The van der Waals surface area contributed by atoms with Crippen LogP contribution in [-0.4, -0.2) is 42.6 Å². The maximum atomic E-state index is 3.77. The van der Waals surface area contributed by atoms with Crippen LogP contribution in [0.15, 0.2) is 30.3 Å². The lowest BCUT2D eigenvalue weighted by Gasteiger charge is -2.45. The van der Waals surface area contributed by atoms with Crippen LogP contribution in [-0.2, 0) is 0 Å². The average molecular weight is 292 g/mol. The normalized spacial score (nSPS) is 24.8. The number of thioether (sulfide) groups is 1. The Hall–Kier alpha value is -0.510. The molecule has 0 aromatic heterocycles. The molecule has 1 aliphatic rings. The van der Waals surface area contributed by atoms with Crippen molar-refractivity contribution in [1.29, 1.82) is 0 Å². The molecule has 2 nitrogen and oxygen atoms in total. The van der Waals surface area contributed by atoms with Gasteiger partial charge in [0.15, 0.2) is 0 Å². The minimum absolute atomic E-state index is 0.319. The van der Waals surface area contributed by atoms with E-state index in [4.69, 9.17) is 0 Å². The molecule has 2 unspecified atom stereocenters. The van der Waals surface area contributed by atoms with Gasteiger partial charge < -0.3 is 5.32 Å². The first-order valence-corrected chi connectivity index (χ1v) is 8.93.